The van der Waals surface area contributed by atoms with Crippen molar-refractivity contribution in [3.8, 4) is 5.75 Å². The molecule has 30 heavy (non-hydrogen) atoms. The molecule has 0 aliphatic carbocycles. The number of anilines is 1. The lowest BCUT2D eigenvalue weighted by molar-refractivity contribution is -0.125. The SMILES string of the molecule is CC(C)Oc1ccc(NC(=O)C2(c3ccccc3F)CCOCC2)c2ccccc12. The predicted molar refractivity (Wildman–Crippen MR) is 116 cm³/mol. The van der Waals surface area contributed by atoms with Crippen molar-refractivity contribution in [2.45, 2.75) is 38.2 Å². The van der Waals surface area contributed by atoms with Gasteiger partial charge in [0, 0.05) is 35.2 Å². The molecule has 0 saturated carbocycles. The lowest BCUT2D eigenvalue weighted by Crippen LogP contribution is -2.45. The lowest BCUT2D eigenvalue weighted by atomic mass is 9.73. The summed E-state index contributed by atoms with van der Waals surface area (Å²) in [5.41, 5.74) is 0.154. The molecule has 0 spiro atoms. The second-order valence-corrected chi connectivity index (χ2v) is 7.95. The fourth-order valence-electron chi connectivity index (χ4n) is 4.17. The van der Waals surface area contributed by atoms with E-state index in [0.717, 1.165) is 16.5 Å². The standard InChI is InChI=1S/C25H26FNO3/c1-17(2)30-23-12-11-22(18-7-3-4-8-19(18)23)27-24(28)25(13-15-29-16-14-25)20-9-5-6-10-21(20)26/h3-12,17H,13-16H2,1-2H3,(H,27,28). The van der Waals surface area contributed by atoms with Gasteiger partial charge < -0.3 is 14.8 Å². The van der Waals surface area contributed by atoms with Gasteiger partial charge in [0.1, 0.15) is 11.6 Å². The first-order valence-corrected chi connectivity index (χ1v) is 10.3. The Morgan fingerprint density at radius 2 is 1.67 bits per heavy atom. The summed E-state index contributed by atoms with van der Waals surface area (Å²) in [5.74, 6) is 0.201. The van der Waals surface area contributed by atoms with E-state index in [-0.39, 0.29) is 17.8 Å². The van der Waals surface area contributed by atoms with Crippen LogP contribution in [0.2, 0.25) is 0 Å². The summed E-state index contributed by atoms with van der Waals surface area (Å²) >= 11 is 0. The maximum absolute atomic E-state index is 14.7. The average molecular weight is 407 g/mol. The van der Waals surface area contributed by atoms with Gasteiger partial charge in [0.25, 0.3) is 0 Å². The molecule has 1 N–H and O–H groups in total. The van der Waals surface area contributed by atoms with Crippen molar-refractivity contribution < 1.29 is 18.7 Å². The number of hydrogen-bond acceptors (Lipinski definition) is 3. The molecular formula is C25H26FNO3. The highest BCUT2D eigenvalue weighted by Crippen LogP contribution is 2.39. The van der Waals surface area contributed by atoms with Crippen LogP contribution in [0.25, 0.3) is 10.8 Å². The predicted octanol–water partition coefficient (Wildman–Crippen LogP) is 5.45. The van der Waals surface area contributed by atoms with Crippen LogP contribution < -0.4 is 10.1 Å². The van der Waals surface area contributed by atoms with Crippen LogP contribution in [-0.4, -0.2) is 25.2 Å². The van der Waals surface area contributed by atoms with E-state index in [2.05, 4.69) is 5.32 Å². The third-order valence-corrected chi connectivity index (χ3v) is 5.67. The molecule has 156 valence electrons. The molecule has 3 aromatic carbocycles. The molecule has 4 nitrogen and oxygen atoms in total. The number of carbonyl (C=O) groups excluding carboxylic acids is 1. The summed E-state index contributed by atoms with van der Waals surface area (Å²) in [6.07, 6.45) is 0.916. The molecule has 0 atom stereocenters. The van der Waals surface area contributed by atoms with E-state index in [9.17, 15) is 9.18 Å². The van der Waals surface area contributed by atoms with E-state index in [1.807, 2.05) is 50.2 Å². The van der Waals surface area contributed by atoms with Gasteiger partial charge in [-0.15, -0.1) is 0 Å². The molecule has 1 heterocycles. The number of hydrogen-bond donors (Lipinski definition) is 1. The highest BCUT2D eigenvalue weighted by molar-refractivity contribution is 6.07. The largest absolute Gasteiger partial charge is 0.490 e. The molecule has 0 aromatic heterocycles. The van der Waals surface area contributed by atoms with Gasteiger partial charge in [-0.3, -0.25) is 4.79 Å². The number of fused-ring (bicyclic) bond motifs is 1. The van der Waals surface area contributed by atoms with Gasteiger partial charge in [0.2, 0.25) is 5.91 Å². The first kappa shape index (κ1) is 20.4. The minimum absolute atomic E-state index is 0.0420. The minimum atomic E-state index is -0.961. The Morgan fingerprint density at radius 1 is 1.00 bits per heavy atom. The van der Waals surface area contributed by atoms with E-state index < -0.39 is 5.41 Å². The van der Waals surface area contributed by atoms with Gasteiger partial charge in [-0.05, 0) is 44.9 Å². The minimum Gasteiger partial charge on any atom is -0.490 e. The number of carbonyl (C=O) groups is 1. The van der Waals surface area contributed by atoms with Crippen molar-refractivity contribution in [1.29, 1.82) is 0 Å². The second-order valence-electron chi connectivity index (χ2n) is 7.95. The van der Waals surface area contributed by atoms with Crippen LogP contribution in [0.1, 0.15) is 32.3 Å². The maximum atomic E-state index is 14.7. The van der Waals surface area contributed by atoms with Crippen molar-refractivity contribution in [2.75, 3.05) is 18.5 Å². The van der Waals surface area contributed by atoms with E-state index in [0.29, 0.717) is 37.3 Å². The first-order chi connectivity index (χ1) is 14.5. The number of rotatable bonds is 5. The number of ether oxygens (including phenoxy) is 2. The van der Waals surface area contributed by atoms with Crippen LogP contribution in [0, 0.1) is 5.82 Å². The topological polar surface area (TPSA) is 47.6 Å². The van der Waals surface area contributed by atoms with E-state index in [1.165, 1.54) is 6.07 Å². The molecule has 1 aliphatic rings. The van der Waals surface area contributed by atoms with Crippen molar-refractivity contribution in [2.24, 2.45) is 0 Å². The van der Waals surface area contributed by atoms with Crippen molar-refractivity contribution in [3.63, 3.8) is 0 Å². The highest BCUT2D eigenvalue weighted by Gasteiger charge is 2.43. The summed E-state index contributed by atoms with van der Waals surface area (Å²) in [6, 6.07) is 18.1. The zero-order valence-corrected chi connectivity index (χ0v) is 17.3. The summed E-state index contributed by atoms with van der Waals surface area (Å²) < 4.78 is 26.1. The quantitative estimate of drug-likeness (QED) is 0.612. The first-order valence-electron chi connectivity index (χ1n) is 10.3. The molecule has 3 aromatic rings. The Balaban J connectivity index is 1.73. The molecule has 0 unspecified atom stereocenters. The fourth-order valence-corrected chi connectivity index (χ4v) is 4.17. The van der Waals surface area contributed by atoms with E-state index in [4.69, 9.17) is 9.47 Å². The van der Waals surface area contributed by atoms with Gasteiger partial charge in [-0.25, -0.2) is 4.39 Å². The van der Waals surface area contributed by atoms with E-state index in [1.54, 1.807) is 18.2 Å². The van der Waals surface area contributed by atoms with Gasteiger partial charge in [0.15, 0.2) is 0 Å². The van der Waals surface area contributed by atoms with Gasteiger partial charge in [0.05, 0.1) is 11.5 Å². The Kier molecular flexibility index (Phi) is 5.73. The molecule has 5 heteroatoms. The normalized spacial score (nSPS) is 15.9. The van der Waals surface area contributed by atoms with Crippen LogP contribution in [-0.2, 0) is 14.9 Å². The summed E-state index contributed by atoms with van der Waals surface area (Å²) in [6.45, 7) is 4.80. The van der Waals surface area contributed by atoms with Crippen LogP contribution in [0.15, 0.2) is 60.7 Å². The van der Waals surface area contributed by atoms with Crippen molar-refractivity contribution >= 4 is 22.4 Å². The third kappa shape index (κ3) is 3.77. The number of benzene rings is 3. The highest BCUT2D eigenvalue weighted by atomic mass is 19.1. The fraction of sp³-hybridized carbons (Fsp3) is 0.320. The van der Waals surface area contributed by atoms with Crippen molar-refractivity contribution in [1.82, 2.24) is 0 Å². The number of nitrogens with one attached hydrogen (secondary N) is 1. The summed E-state index contributed by atoms with van der Waals surface area (Å²) in [5, 5.41) is 4.90. The molecule has 1 fully saturated rings. The molecular weight excluding hydrogens is 381 g/mol. The smallest absolute Gasteiger partial charge is 0.235 e. The van der Waals surface area contributed by atoms with Gasteiger partial charge in [-0.1, -0.05) is 42.5 Å². The van der Waals surface area contributed by atoms with Crippen LogP contribution in [0.3, 0.4) is 0 Å². The third-order valence-electron chi connectivity index (χ3n) is 5.67. The lowest BCUT2D eigenvalue weighted by Gasteiger charge is -2.36. The number of halogens is 1. The van der Waals surface area contributed by atoms with Crippen LogP contribution >= 0.6 is 0 Å². The second kappa shape index (κ2) is 8.44. The zero-order chi connectivity index (χ0) is 21.1. The average Bonchev–Trinajstić information content (AvgIpc) is 2.76. The molecule has 0 bridgehead atoms. The molecule has 0 radical (unpaired) electrons. The monoisotopic (exact) mass is 407 g/mol. The summed E-state index contributed by atoms with van der Waals surface area (Å²) in [7, 11) is 0. The zero-order valence-electron chi connectivity index (χ0n) is 17.3. The van der Waals surface area contributed by atoms with Gasteiger partial charge in [-0.2, -0.15) is 0 Å². The Hall–Kier alpha value is -2.92. The molecule has 1 amide bonds. The Morgan fingerprint density at radius 3 is 2.37 bits per heavy atom. The molecule has 1 saturated heterocycles. The number of amides is 1. The van der Waals surface area contributed by atoms with Crippen LogP contribution in [0.5, 0.6) is 5.75 Å². The summed E-state index contributed by atoms with van der Waals surface area (Å²) in [4.78, 5) is 13.6. The van der Waals surface area contributed by atoms with Gasteiger partial charge >= 0.3 is 0 Å². The van der Waals surface area contributed by atoms with Crippen molar-refractivity contribution in [3.05, 3.63) is 72.0 Å². The maximum Gasteiger partial charge on any atom is 0.235 e. The molecule has 4 rings (SSSR count). The Bertz CT molecular complexity index is 1060. The van der Waals surface area contributed by atoms with Crippen LogP contribution in [0.4, 0.5) is 10.1 Å². The van der Waals surface area contributed by atoms with E-state index >= 15 is 0 Å². The Labute approximate surface area is 176 Å². The molecule has 1 aliphatic heterocycles.